The van der Waals surface area contributed by atoms with Crippen molar-refractivity contribution in [2.75, 3.05) is 0 Å². The Balaban J connectivity index is 1.65. The Morgan fingerprint density at radius 2 is 2.08 bits per heavy atom. The van der Waals surface area contributed by atoms with Crippen molar-refractivity contribution in [1.82, 2.24) is 20.1 Å². The molecule has 3 aromatic rings. The zero-order valence-corrected chi connectivity index (χ0v) is 14.0. The summed E-state index contributed by atoms with van der Waals surface area (Å²) in [6.07, 6.45) is 5.13. The molecule has 1 aliphatic rings. The van der Waals surface area contributed by atoms with Gasteiger partial charge in [0.05, 0.1) is 23.6 Å². The summed E-state index contributed by atoms with van der Waals surface area (Å²) in [7, 11) is 0. The van der Waals surface area contributed by atoms with Crippen molar-refractivity contribution in [3.8, 4) is 5.69 Å². The van der Waals surface area contributed by atoms with Gasteiger partial charge >= 0.3 is 0 Å². The average Bonchev–Trinajstić information content (AvgIpc) is 3.20. The Labute approximate surface area is 147 Å². The van der Waals surface area contributed by atoms with E-state index < -0.39 is 11.6 Å². The predicted octanol–water partition coefficient (Wildman–Crippen LogP) is 3.25. The van der Waals surface area contributed by atoms with E-state index in [0.29, 0.717) is 17.8 Å². The summed E-state index contributed by atoms with van der Waals surface area (Å²) in [6.45, 7) is 1.70. The topological polar surface area (TPSA) is 73.0 Å². The summed E-state index contributed by atoms with van der Waals surface area (Å²) in [5.74, 6) is -1.49. The van der Waals surface area contributed by atoms with Gasteiger partial charge in [-0.2, -0.15) is 5.10 Å². The van der Waals surface area contributed by atoms with Crippen LogP contribution in [0.5, 0.6) is 0 Å². The van der Waals surface area contributed by atoms with Gasteiger partial charge in [-0.05, 0) is 38.3 Å². The highest BCUT2D eigenvalue weighted by Crippen LogP contribution is 2.31. The number of hydrogen-bond donors (Lipinski definition) is 1. The van der Waals surface area contributed by atoms with Crippen LogP contribution in [0.25, 0.3) is 5.69 Å². The molecule has 1 amide bonds. The molecule has 26 heavy (non-hydrogen) atoms. The maximum atomic E-state index is 13.5. The Bertz CT molecular complexity index is 959. The molecule has 0 saturated heterocycles. The van der Waals surface area contributed by atoms with Crippen LogP contribution in [0.1, 0.15) is 46.4 Å². The van der Waals surface area contributed by atoms with E-state index in [1.807, 2.05) is 0 Å². The van der Waals surface area contributed by atoms with Crippen LogP contribution in [-0.4, -0.2) is 20.7 Å². The molecule has 0 fully saturated rings. The number of fused-ring (bicyclic) bond motifs is 1. The number of aryl methyl sites for hydroxylation is 1. The van der Waals surface area contributed by atoms with Crippen molar-refractivity contribution in [3.63, 3.8) is 0 Å². The smallest absolute Gasteiger partial charge is 0.289 e. The van der Waals surface area contributed by atoms with Gasteiger partial charge in [0.1, 0.15) is 11.6 Å². The lowest BCUT2D eigenvalue weighted by molar-refractivity contribution is 0.0903. The molecule has 0 aliphatic heterocycles. The zero-order valence-electron chi connectivity index (χ0n) is 14.0. The number of carbonyl (C=O) groups excluding carboxylic acids is 1. The van der Waals surface area contributed by atoms with Gasteiger partial charge in [-0.1, -0.05) is 0 Å². The Kier molecular flexibility index (Phi) is 4.02. The fourth-order valence-corrected chi connectivity index (χ4v) is 3.33. The van der Waals surface area contributed by atoms with Crippen molar-refractivity contribution in [3.05, 3.63) is 65.1 Å². The molecule has 0 bridgehead atoms. The van der Waals surface area contributed by atoms with Crippen molar-refractivity contribution in [2.45, 2.75) is 32.2 Å². The van der Waals surface area contributed by atoms with Gasteiger partial charge in [0.25, 0.3) is 5.91 Å². The lowest BCUT2D eigenvalue weighted by Gasteiger charge is -2.24. The lowest BCUT2D eigenvalue weighted by atomic mass is 9.92. The van der Waals surface area contributed by atoms with Crippen molar-refractivity contribution in [2.24, 2.45) is 0 Å². The summed E-state index contributed by atoms with van der Waals surface area (Å²) < 4.78 is 33.7. The predicted molar refractivity (Wildman–Crippen MR) is 87.9 cm³/mol. The molecule has 8 heteroatoms. The van der Waals surface area contributed by atoms with Gasteiger partial charge in [0.15, 0.2) is 6.39 Å². The Morgan fingerprint density at radius 1 is 1.31 bits per heavy atom. The van der Waals surface area contributed by atoms with Crippen molar-refractivity contribution < 1.29 is 18.0 Å². The molecule has 0 unspecified atom stereocenters. The first-order valence-corrected chi connectivity index (χ1v) is 8.27. The molecule has 1 N–H and O–H groups in total. The number of nitrogens with zero attached hydrogens (tertiary/aromatic N) is 3. The van der Waals surface area contributed by atoms with Crippen LogP contribution >= 0.6 is 0 Å². The summed E-state index contributed by atoms with van der Waals surface area (Å²) in [6, 6.07) is 3.04. The molecule has 1 atom stereocenters. The fourth-order valence-electron chi connectivity index (χ4n) is 3.33. The summed E-state index contributed by atoms with van der Waals surface area (Å²) in [5.41, 5.74) is 2.51. The van der Waals surface area contributed by atoms with Crippen LogP contribution in [0.2, 0.25) is 0 Å². The highest BCUT2D eigenvalue weighted by atomic mass is 19.1. The van der Waals surface area contributed by atoms with Crippen LogP contribution in [0.15, 0.2) is 35.2 Å². The number of halogens is 2. The summed E-state index contributed by atoms with van der Waals surface area (Å²) in [4.78, 5) is 16.3. The summed E-state index contributed by atoms with van der Waals surface area (Å²) >= 11 is 0. The van der Waals surface area contributed by atoms with E-state index in [2.05, 4.69) is 15.4 Å². The second-order valence-corrected chi connectivity index (χ2v) is 6.27. The number of oxazole rings is 1. The lowest BCUT2D eigenvalue weighted by Crippen LogP contribution is -2.31. The third kappa shape index (κ3) is 2.87. The third-order valence-electron chi connectivity index (χ3n) is 4.53. The number of carbonyl (C=O) groups is 1. The second kappa shape index (κ2) is 6.36. The van der Waals surface area contributed by atoms with Crippen LogP contribution in [-0.2, 0) is 6.42 Å². The van der Waals surface area contributed by atoms with E-state index in [4.69, 9.17) is 4.42 Å². The molecule has 1 aromatic carbocycles. The molecule has 4 rings (SSSR count). The molecule has 0 radical (unpaired) electrons. The summed E-state index contributed by atoms with van der Waals surface area (Å²) in [5, 5.41) is 7.22. The highest BCUT2D eigenvalue weighted by Gasteiger charge is 2.28. The van der Waals surface area contributed by atoms with Gasteiger partial charge in [0.2, 0.25) is 5.76 Å². The molecule has 2 heterocycles. The molecule has 0 saturated carbocycles. The average molecular weight is 358 g/mol. The molecule has 134 valence electrons. The quantitative estimate of drug-likeness (QED) is 0.780. The standard InChI is InChI=1S/C18H16F2N4O2/c1-10-17(26-9-21-10)18(25)23-15-3-2-4-16-14(15)8-22-24(16)13-6-11(19)5-12(20)7-13/h5-9,15H,2-4H2,1H3,(H,23,25)/t15-/m1/s1. The number of benzene rings is 1. The first-order chi connectivity index (χ1) is 12.5. The normalized spacial score (nSPS) is 16.3. The van der Waals surface area contributed by atoms with E-state index >= 15 is 0 Å². The minimum atomic E-state index is -0.661. The Morgan fingerprint density at radius 3 is 2.77 bits per heavy atom. The van der Waals surface area contributed by atoms with Gasteiger partial charge in [-0.15, -0.1) is 0 Å². The molecular weight excluding hydrogens is 342 g/mol. The maximum absolute atomic E-state index is 13.5. The van der Waals surface area contributed by atoms with Crippen LogP contribution in [0.4, 0.5) is 8.78 Å². The van der Waals surface area contributed by atoms with Crippen molar-refractivity contribution >= 4 is 5.91 Å². The number of rotatable bonds is 3. The number of hydrogen-bond acceptors (Lipinski definition) is 4. The maximum Gasteiger partial charge on any atom is 0.289 e. The molecule has 6 nitrogen and oxygen atoms in total. The van der Waals surface area contributed by atoms with Crippen LogP contribution < -0.4 is 5.32 Å². The largest absolute Gasteiger partial charge is 0.438 e. The minimum Gasteiger partial charge on any atom is -0.438 e. The fraction of sp³-hybridized carbons (Fsp3) is 0.278. The molecule has 1 aliphatic carbocycles. The molecule has 0 spiro atoms. The van der Waals surface area contributed by atoms with E-state index in [1.54, 1.807) is 13.1 Å². The van der Waals surface area contributed by atoms with Gasteiger partial charge < -0.3 is 9.73 Å². The van der Waals surface area contributed by atoms with Crippen LogP contribution in [0, 0.1) is 18.6 Å². The number of nitrogens with one attached hydrogen (secondary N) is 1. The van der Waals surface area contributed by atoms with E-state index in [-0.39, 0.29) is 17.7 Å². The van der Waals surface area contributed by atoms with E-state index in [9.17, 15) is 13.6 Å². The first kappa shape index (κ1) is 16.4. The Hall–Kier alpha value is -3.03. The zero-order chi connectivity index (χ0) is 18.3. The van der Waals surface area contributed by atoms with Gasteiger partial charge in [0, 0.05) is 17.3 Å². The van der Waals surface area contributed by atoms with E-state index in [0.717, 1.165) is 30.2 Å². The minimum absolute atomic E-state index is 0.178. The second-order valence-electron chi connectivity index (χ2n) is 6.27. The van der Waals surface area contributed by atoms with Crippen molar-refractivity contribution in [1.29, 1.82) is 0 Å². The molecular formula is C18H16F2N4O2. The SMILES string of the molecule is Cc1ncoc1C(=O)N[C@@H]1CCCc2c1cnn2-c1cc(F)cc(F)c1. The monoisotopic (exact) mass is 358 g/mol. The third-order valence-corrected chi connectivity index (χ3v) is 4.53. The number of aromatic nitrogens is 3. The number of amides is 1. The van der Waals surface area contributed by atoms with E-state index in [1.165, 1.54) is 23.2 Å². The molecule has 2 aromatic heterocycles. The van der Waals surface area contributed by atoms with Crippen LogP contribution in [0.3, 0.4) is 0 Å². The first-order valence-electron chi connectivity index (χ1n) is 8.27. The van der Waals surface area contributed by atoms with Gasteiger partial charge in [-0.3, -0.25) is 4.79 Å². The highest BCUT2D eigenvalue weighted by molar-refractivity contribution is 5.92. The van der Waals surface area contributed by atoms with Gasteiger partial charge in [-0.25, -0.2) is 18.4 Å².